The average molecular weight is 207 g/mol. The molecule has 0 fully saturated rings. The molecule has 13 heavy (non-hydrogen) atoms. The smallest absolute Gasteiger partial charge is 0.265 e. The molecule has 1 N–H and O–H groups in total. The molecule has 2 nitrogen and oxygen atoms in total. The van der Waals surface area contributed by atoms with Gasteiger partial charge in [-0.3, -0.25) is 0 Å². The monoisotopic (exact) mass is 206 g/mol. The number of hydrogen-bond acceptors (Lipinski definition) is 2. The number of anilines is 1. The number of aromatic nitrogens is 1. The molecule has 0 amide bonds. The summed E-state index contributed by atoms with van der Waals surface area (Å²) in [6.45, 7) is 0.572. The average Bonchev–Trinajstić information content (AvgIpc) is 2.15. The van der Waals surface area contributed by atoms with Gasteiger partial charge in [0.05, 0.1) is 0 Å². The van der Waals surface area contributed by atoms with Crippen molar-refractivity contribution >= 4 is 17.4 Å². The van der Waals surface area contributed by atoms with Crippen molar-refractivity contribution in [2.45, 2.75) is 6.43 Å². The zero-order valence-electron chi connectivity index (χ0n) is 6.80. The summed E-state index contributed by atoms with van der Waals surface area (Å²) < 4.78 is 24.1. The van der Waals surface area contributed by atoms with Crippen LogP contribution in [0.15, 0.2) is 18.3 Å². The van der Waals surface area contributed by atoms with Crippen LogP contribution in [0.25, 0.3) is 0 Å². The minimum atomic E-state index is -2.46. The van der Waals surface area contributed by atoms with E-state index in [1.807, 2.05) is 0 Å². The Bertz CT molecular complexity index is 251. The summed E-state index contributed by atoms with van der Waals surface area (Å²) in [6.07, 6.45) is -1.31. The van der Waals surface area contributed by atoms with Crippen LogP contribution in [0.5, 0.6) is 0 Å². The Morgan fingerprint density at radius 3 is 2.69 bits per heavy atom. The van der Waals surface area contributed by atoms with E-state index >= 15 is 0 Å². The lowest BCUT2D eigenvalue weighted by Gasteiger charge is -2.03. The van der Waals surface area contributed by atoms with Crippen LogP contribution < -0.4 is 5.32 Å². The number of rotatable bonds is 4. The summed E-state index contributed by atoms with van der Waals surface area (Å²) in [4.78, 5) is 3.79. The standard InChI is InChI=1S/C8H9ClF2N2/c9-3-4-12-7-2-1-6(5-13-7)8(10)11/h1-2,5,8H,3-4H2,(H,12,13). The predicted molar refractivity (Wildman–Crippen MR) is 48.4 cm³/mol. The number of halogens is 3. The number of nitrogens with one attached hydrogen (secondary N) is 1. The summed E-state index contributed by atoms with van der Waals surface area (Å²) >= 11 is 5.42. The highest BCUT2D eigenvalue weighted by Crippen LogP contribution is 2.18. The molecule has 0 radical (unpaired) electrons. The van der Waals surface area contributed by atoms with E-state index in [0.717, 1.165) is 6.20 Å². The quantitative estimate of drug-likeness (QED) is 0.767. The number of alkyl halides is 3. The second-order valence-electron chi connectivity index (χ2n) is 2.39. The lowest BCUT2D eigenvalue weighted by atomic mass is 10.3. The van der Waals surface area contributed by atoms with Crippen LogP contribution in [-0.4, -0.2) is 17.4 Å². The predicted octanol–water partition coefficient (Wildman–Crippen LogP) is 2.67. The van der Waals surface area contributed by atoms with Crippen LogP contribution in [0.2, 0.25) is 0 Å². The van der Waals surface area contributed by atoms with Crippen LogP contribution in [0, 0.1) is 0 Å². The maximum atomic E-state index is 12.1. The Morgan fingerprint density at radius 2 is 2.23 bits per heavy atom. The van der Waals surface area contributed by atoms with Crippen molar-refractivity contribution in [3.8, 4) is 0 Å². The van der Waals surface area contributed by atoms with Crippen molar-refractivity contribution in [2.75, 3.05) is 17.7 Å². The summed E-state index contributed by atoms with van der Waals surface area (Å²) in [5.74, 6) is 1.02. The van der Waals surface area contributed by atoms with Crippen LogP contribution in [0.1, 0.15) is 12.0 Å². The number of nitrogens with zero attached hydrogens (tertiary/aromatic N) is 1. The van der Waals surface area contributed by atoms with Gasteiger partial charge in [0.15, 0.2) is 0 Å². The minimum Gasteiger partial charge on any atom is -0.369 e. The van der Waals surface area contributed by atoms with Crippen molar-refractivity contribution in [3.05, 3.63) is 23.9 Å². The van der Waals surface area contributed by atoms with Crippen molar-refractivity contribution in [1.29, 1.82) is 0 Å². The fourth-order valence-corrected chi connectivity index (χ4v) is 0.909. The van der Waals surface area contributed by atoms with Gasteiger partial charge < -0.3 is 5.32 Å². The van der Waals surface area contributed by atoms with E-state index in [1.54, 1.807) is 0 Å². The van der Waals surface area contributed by atoms with Gasteiger partial charge in [0.1, 0.15) is 5.82 Å². The first-order valence-electron chi connectivity index (χ1n) is 3.78. The molecule has 0 saturated heterocycles. The second kappa shape index (κ2) is 4.97. The van der Waals surface area contributed by atoms with Gasteiger partial charge in [0, 0.05) is 24.2 Å². The van der Waals surface area contributed by atoms with E-state index in [-0.39, 0.29) is 5.56 Å². The molecule has 0 bridgehead atoms. The van der Waals surface area contributed by atoms with Gasteiger partial charge in [-0.1, -0.05) is 0 Å². The summed E-state index contributed by atoms with van der Waals surface area (Å²) in [6, 6.07) is 2.85. The van der Waals surface area contributed by atoms with Crippen molar-refractivity contribution in [1.82, 2.24) is 4.98 Å². The maximum Gasteiger partial charge on any atom is 0.265 e. The second-order valence-corrected chi connectivity index (χ2v) is 2.77. The zero-order chi connectivity index (χ0) is 9.68. The highest BCUT2D eigenvalue weighted by atomic mass is 35.5. The van der Waals surface area contributed by atoms with E-state index in [0.29, 0.717) is 18.2 Å². The number of pyridine rings is 1. The Labute approximate surface area is 79.9 Å². The fourth-order valence-electron chi connectivity index (χ4n) is 0.814. The lowest BCUT2D eigenvalue weighted by Crippen LogP contribution is -2.04. The van der Waals surface area contributed by atoms with Crippen LogP contribution in [-0.2, 0) is 0 Å². The summed E-state index contributed by atoms with van der Waals surface area (Å²) in [5.41, 5.74) is -0.0728. The largest absolute Gasteiger partial charge is 0.369 e. The van der Waals surface area contributed by atoms with E-state index < -0.39 is 6.43 Å². The van der Waals surface area contributed by atoms with E-state index in [9.17, 15) is 8.78 Å². The van der Waals surface area contributed by atoms with Crippen LogP contribution in [0.4, 0.5) is 14.6 Å². The fraction of sp³-hybridized carbons (Fsp3) is 0.375. The molecule has 0 saturated carbocycles. The third-order valence-electron chi connectivity index (χ3n) is 1.44. The molecule has 0 unspecified atom stereocenters. The Kier molecular flexibility index (Phi) is 3.89. The molecule has 0 aromatic carbocycles. The molecular weight excluding hydrogens is 198 g/mol. The van der Waals surface area contributed by atoms with Gasteiger partial charge in [0.2, 0.25) is 0 Å². The van der Waals surface area contributed by atoms with Gasteiger partial charge in [-0.2, -0.15) is 0 Å². The first-order chi connectivity index (χ1) is 6.24. The molecule has 1 rings (SSSR count). The third-order valence-corrected chi connectivity index (χ3v) is 1.63. The Balaban J connectivity index is 2.59. The molecule has 0 aliphatic rings. The van der Waals surface area contributed by atoms with Crippen molar-refractivity contribution in [2.24, 2.45) is 0 Å². The molecule has 0 spiro atoms. The van der Waals surface area contributed by atoms with Gasteiger partial charge in [-0.25, -0.2) is 13.8 Å². The first-order valence-corrected chi connectivity index (χ1v) is 4.31. The van der Waals surface area contributed by atoms with Gasteiger partial charge >= 0.3 is 0 Å². The molecular formula is C8H9ClF2N2. The van der Waals surface area contributed by atoms with E-state index in [4.69, 9.17) is 11.6 Å². The third kappa shape index (κ3) is 3.14. The van der Waals surface area contributed by atoms with E-state index in [2.05, 4.69) is 10.3 Å². The molecule has 1 heterocycles. The summed E-state index contributed by atoms with van der Waals surface area (Å²) in [5, 5.41) is 2.87. The van der Waals surface area contributed by atoms with Crippen molar-refractivity contribution in [3.63, 3.8) is 0 Å². The number of hydrogen-bond donors (Lipinski definition) is 1. The first kappa shape index (κ1) is 10.2. The Morgan fingerprint density at radius 1 is 1.46 bits per heavy atom. The van der Waals surface area contributed by atoms with Crippen molar-refractivity contribution < 1.29 is 8.78 Å². The molecule has 1 aromatic rings. The van der Waals surface area contributed by atoms with Crippen LogP contribution >= 0.6 is 11.6 Å². The SMILES string of the molecule is FC(F)c1ccc(NCCCl)nc1. The van der Waals surface area contributed by atoms with E-state index in [1.165, 1.54) is 12.1 Å². The molecule has 72 valence electrons. The van der Waals surface area contributed by atoms with Crippen LogP contribution in [0.3, 0.4) is 0 Å². The highest BCUT2D eigenvalue weighted by Gasteiger charge is 2.06. The normalized spacial score (nSPS) is 10.5. The zero-order valence-corrected chi connectivity index (χ0v) is 7.56. The Hall–Kier alpha value is -0.900. The molecule has 1 aromatic heterocycles. The lowest BCUT2D eigenvalue weighted by molar-refractivity contribution is 0.151. The topological polar surface area (TPSA) is 24.9 Å². The molecule has 0 aliphatic carbocycles. The minimum absolute atomic E-state index is 0.0728. The molecule has 0 atom stereocenters. The molecule has 0 aliphatic heterocycles. The summed E-state index contributed by atoms with van der Waals surface area (Å²) in [7, 11) is 0. The molecule has 5 heteroatoms. The van der Waals surface area contributed by atoms with Gasteiger partial charge in [0.25, 0.3) is 6.43 Å². The highest BCUT2D eigenvalue weighted by molar-refractivity contribution is 6.18. The van der Waals surface area contributed by atoms with Gasteiger partial charge in [-0.15, -0.1) is 11.6 Å². The maximum absolute atomic E-state index is 12.1. The van der Waals surface area contributed by atoms with Gasteiger partial charge in [-0.05, 0) is 12.1 Å².